The van der Waals surface area contributed by atoms with Crippen LogP contribution < -0.4 is 15.7 Å². The number of likely N-dealkylation sites (N-methyl/N-ethyl adjacent to an activating group) is 1. The van der Waals surface area contributed by atoms with Crippen molar-refractivity contribution in [2.75, 3.05) is 51.3 Å². The minimum absolute atomic E-state index is 0.0687. The second kappa shape index (κ2) is 9.52. The van der Waals surface area contributed by atoms with E-state index in [2.05, 4.69) is 40.6 Å². The average Bonchev–Trinajstić information content (AvgIpc) is 3.19. The fourth-order valence-electron chi connectivity index (χ4n) is 5.54. The van der Waals surface area contributed by atoms with E-state index >= 15 is 0 Å². The molecule has 2 saturated heterocycles. The molecule has 0 radical (unpaired) electrons. The molecular weight excluding hydrogens is 444 g/mol. The molecule has 1 spiro atoms. The molecule has 9 heteroatoms. The number of aromatic nitrogens is 2. The minimum Gasteiger partial charge on any atom is -0.338 e. The quantitative estimate of drug-likeness (QED) is 0.690. The Balaban J connectivity index is 1.40. The first-order chi connectivity index (χ1) is 15.5. The van der Waals surface area contributed by atoms with Crippen LogP contribution in [-0.2, 0) is 16.7 Å². The zero-order valence-electron chi connectivity index (χ0n) is 18.9. The van der Waals surface area contributed by atoms with Crippen molar-refractivity contribution >= 4 is 28.9 Å². The van der Waals surface area contributed by atoms with Crippen LogP contribution in [-0.4, -0.2) is 67.3 Å². The van der Waals surface area contributed by atoms with Gasteiger partial charge in [0.1, 0.15) is 0 Å². The molecule has 5 rings (SSSR count). The van der Waals surface area contributed by atoms with Crippen LogP contribution in [0.2, 0.25) is 4.34 Å². The Bertz CT molecular complexity index is 916. The van der Waals surface area contributed by atoms with E-state index < -0.39 is 0 Å². The van der Waals surface area contributed by atoms with Gasteiger partial charge < -0.3 is 20.0 Å². The first-order valence-electron chi connectivity index (χ1n) is 11.7. The number of thiophene rings is 1. The van der Waals surface area contributed by atoms with E-state index in [1.807, 2.05) is 12.4 Å². The number of nitrogens with one attached hydrogen (secondary N) is 2. The first-order valence-corrected chi connectivity index (χ1v) is 12.9. The molecule has 3 unspecified atom stereocenters. The van der Waals surface area contributed by atoms with E-state index in [4.69, 9.17) is 26.4 Å². The van der Waals surface area contributed by atoms with E-state index in [0.717, 1.165) is 68.7 Å². The van der Waals surface area contributed by atoms with Crippen molar-refractivity contribution in [1.82, 2.24) is 25.7 Å². The number of hydrogen-bond acceptors (Lipinski definition) is 8. The van der Waals surface area contributed by atoms with Crippen molar-refractivity contribution in [2.45, 2.75) is 50.1 Å². The number of nitrogens with zero attached hydrogens (tertiary/aromatic N) is 4. The van der Waals surface area contributed by atoms with Gasteiger partial charge in [0.15, 0.2) is 0 Å². The fraction of sp³-hybridized carbons (Fsp3) is 0.652. The maximum atomic E-state index is 6.51. The Labute approximate surface area is 199 Å². The predicted molar refractivity (Wildman–Crippen MR) is 130 cm³/mol. The van der Waals surface area contributed by atoms with Gasteiger partial charge in [0, 0.05) is 73.1 Å². The topological polar surface area (TPSA) is 65.5 Å². The maximum Gasteiger partial charge on any atom is 0.225 e. The second-order valence-electron chi connectivity index (χ2n) is 9.56. The van der Waals surface area contributed by atoms with Gasteiger partial charge in [-0.2, -0.15) is 0 Å². The molecule has 2 aromatic heterocycles. The van der Waals surface area contributed by atoms with Gasteiger partial charge in [0.2, 0.25) is 5.95 Å². The SMILES string of the molecule is CC1CC2(CCNOCCc3cc(Cl)sc32)CC(c2cnc(N3CCN(C)CC3)nc2)N1. The van der Waals surface area contributed by atoms with Gasteiger partial charge in [0.25, 0.3) is 0 Å². The monoisotopic (exact) mass is 476 g/mol. The summed E-state index contributed by atoms with van der Waals surface area (Å²) in [6.45, 7) is 7.88. The Morgan fingerprint density at radius 2 is 1.97 bits per heavy atom. The van der Waals surface area contributed by atoms with Crippen molar-refractivity contribution in [3.8, 4) is 0 Å². The lowest BCUT2D eigenvalue weighted by Crippen LogP contribution is -2.48. The van der Waals surface area contributed by atoms with E-state index in [0.29, 0.717) is 12.6 Å². The summed E-state index contributed by atoms with van der Waals surface area (Å²) < 4.78 is 0.880. The van der Waals surface area contributed by atoms with Crippen molar-refractivity contribution in [3.63, 3.8) is 0 Å². The molecular formula is C23H33ClN6OS. The molecule has 3 atom stereocenters. The van der Waals surface area contributed by atoms with E-state index in [9.17, 15) is 0 Å². The summed E-state index contributed by atoms with van der Waals surface area (Å²) in [6, 6.07) is 2.75. The highest BCUT2D eigenvalue weighted by Gasteiger charge is 2.43. The zero-order chi connectivity index (χ0) is 22.1. The summed E-state index contributed by atoms with van der Waals surface area (Å²) in [7, 11) is 2.16. The molecule has 2 N–H and O–H groups in total. The lowest BCUT2D eigenvalue weighted by atomic mass is 9.68. The summed E-state index contributed by atoms with van der Waals surface area (Å²) in [5, 5.41) is 3.82. The van der Waals surface area contributed by atoms with Crippen molar-refractivity contribution in [2.24, 2.45) is 0 Å². The van der Waals surface area contributed by atoms with Crippen LogP contribution in [0.1, 0.15) is 48.2 Å². The van der Waals surface area contributed by atoms with Crippen LogP contribution in [0.5, 0.6) is 0 Å². The molecule has 2 aromatic rings. The molecule has 174 valence electrons. The molecule has 5 heterocycles. The lowest BCUT2D eigenvalue weighted by molar-refractivity contribution is 0.0387. The molecule has 3 aliphatic heterocycles. The van der Waals surface area contributed by atoms with Gasteiger partial charge in [-0.3, -0.25) is 0 Å². The summed E-state index contributed by atoms with van der Waals surface area (Å²) in [6.07, 6.45) is 8.09. The van der Waals surface area contributed by atoms with Crippen molar-refractivity contribution < 1.29 is 4.84 Å². The number of rotatable bonds is 2. The van der Waals surface area contributed by atoms with E-state index in [1.165, 1.54) is 16.0 Å². The second-order valence-corrected chi connectivity index (χ2v) is 11.2. The molecule has 0 aliphatic carbocycles. The molecule has 0 bridgehead atoms. The van der Waals surface area contributed by atoms with Crippen molar-refractivity contribution in [3.05, 3.63) is 38.8 Å². The van der Waals surface area contributed by atoms with Crippen LogP contribution in [0.25, 0.3) is 0 Å². The van der Waals surface area contributed by atoms with Crippen LogP contribution in [0.4, 0.5) is 5.95 Å². The van der Waals surface area contributed by atoms with Crippen LogP contribution in [0.3, 0.4) is 0 Å². The largest absolute Gasteiger partial charge is 0.338 e. The summed E-state index contributed by atoms with van der Waals surface area (Å²) in [5.74, 6) is 0.844. The highest BCUT2D eigenvalue weighted by Crippen LogP contribution is 2.49. The van der Waals surface area contributed by atoms with Crippen LogP contribution >= 0.6 is 22.9 Å². The number of piperazine rings is 1. The fourth-order valence-corrected chi connectivity index (χ4v) is 7.08. The van der Waals surface area contributed by atoms with Gasteiger partial charge in [-0.05, 0) is 51.3 Å². The van der Waals surface area contributed by atoms with Crippen molar-refractivity contribution in [1.29, 1.82) is 0 Å². The third-order valence-electron chi connectivity index (χ3n) is 7.17. The van der Waals surface area contributed by atoms with E-state index in [-0.39, 0.29) is 11.5 Å². The molecule has 0 saturated carbocycles. The highest BCUT2D eigenvalue weighted by molar-refractivity contribution is 7.16. The number of piperidine rings is 1. The van der Waals surface area contributed by atoms with Gasteiger partial charge in [-0.1, -0.05) is 11.6 Å². The standard InChI is InChI=1S/C23H33ClN6OS/c1-16-12-23(4-5-27-31-10-3-17-11-20(24)32-21(17)23)13-19(28-16)18-14-25-22(26-15-18)30-8-6-29(2)7-9-30/h11,14-16,19,27-28H,3-10,12-13H2,1-2H3. The Hall–Kier alpha value is -1.29. The number of halogens is 1. The minimum atomic E-state index is 0.0687. The molecule has 0 aromatic carbocycles. The lowest BCUT2D eigenvalue weighted by Gasteiger charge is -2.45. The van der Waals surface area contributed by atoms with Gasteiger partial charge in [-0.25, -0.2) is 15.4 Å². The maximum absolute atomic E-state index is 6.51. The summed E-state index contributed by atoms with van der Waals surface area (Å²) in [5.41, 5.74) is 5.75. The van der Waals surface area contributed by atoms with Gasteiger partial charge in [-0.15, -0.1) is 11.3 Å². The number of anilines is 1. The zero-order valence-corrected chi connectivity index (χ0v) is 20.5. The van der Waals surface area contributed by atoms with Crippen LogP contribution in [0.15, 0.2) is 18.5 Å². The molecule has 7 nitrogen and oxygen atoms in total. The molecule has 0 amide bonds. The summed E-state index contributed by atoms with van der Waals surface area (Å²) >= 11 is 8.27. The Morgan fingerprint density at radius 3 is 2.75 bits per heavy atom. The Morgan fingerprint density at radius 1 is 1.19 bits per heavy atom. The van der Waals surface area contributed by atoms with Gasteiger partial charge in [0.05, 0.1) is 10.9 Å². The van der Waals surface area contributed by atoms with Crippen LogP contribution in [0, 0.1) is 0 Å². The number of hydroxylamine groups is 1. The van der Waals surface area contributed by atoms with E-state index in [1.54, 1.807) is 11.3 Å². The third-order valence-corrected chi connectivity index (χ3v) is 8.72. The number of fused-ring (bicyclic) bond motifs is 2. The molecule has 32 heavy (non-hydrogen) atoms. The normalized spacial score (nSPS) is 29.9. The molecule has 3 aliphatic rings. The van der Waals surface area contributed by atoms with Gasteiger partial charge >= 0.3 is 0 Å². The average molecular weight is 477 g/mol. The molecule has 2 fully saturated rings. The Kier molecular flexibility index (Phi) is 6.70. The highest BCUT2D eigenvalue weighted by atomic mass is 35.5. The number of hydrogen-bond donors (Lipinski definition) is 2. The smallest absolute Gasteiger partial charge is 0.225 e. The first kappa shape index (κ1) is 22.5. The predicted octanol–water partition coefficient (Wildman–Crippen LogP) is 3.16. The summed E-state index contributed by atoms with van der Waals surface area (Å²) in [4.78, 5) is 21.2. The third kappa shape index (κ3) is 4.67.